The summed E-state index contributed by atoms with van der Waals surface area (Å²) < 4.78 is 27.0. The number of hydrogen-bond donors (Lipinski definition) is 0. The number of hydrogen-bond acceptors (Lipinski definition) is 3. The fourth-order valence-corrected chi connectivity index (χ4v) is 4.80. The third-order valence-electron chi connectivity index (χ3n) is 3.58. The van der Waals surface area contributed by atoms with Crippen molar-refractivity contribution >= 4 is 31.9 Å². The van der Waals surface area contributed by atoms with E-state index < -0.39 is 10.0 Å². The molecule has 0 spiro atoms. The van der Waals surface area contributed by atoms with Crippen LogP contribution in [0, 0.1) is 12.8 Å². The fourth-order valence-electron chi connectivity index (χ4n) is 2.55. The largest absolute Gasteiger partial charge is 0.274 e. The van der Waals surface area contributed by atoms with Crippen molar-refractivity contribution < 1.29 is 13.2 Å². The minimum atomic E-state index is -3.74. The maximum absolute atomic E-state index is 12.7. The zero-order chi connectivity index (χ0) is 14.9. The van der Waals surface area contributed by atoms with Gasteiger partial charge in [0.2, 0.25) is 5.91 Å². The number of carbonyl (C=O) groups is 1. The van der Waals surface area contributed by atoms with E-state index in [9.17, 15) is 13.2 Å². The zero-order valence-corrected chi connectivity index (χ0v) is 14.0. The number of benzene rings is 1. The van der Waals surface area contributed by atoms with Crippen molar-refractivity contribution in [2.75, 3.05) is 6.54 Å². The van der Waals surface area contributed by atoms with Gasteiger partial charge < -0.3 is 0 Å². The molecule has 1 aliphatic rings. The summed E-state index contributed by atoms with van der Waals surface area (Å²) in [6.07, 6.45) is 2.18. The van der Waals surface area contributed by atoms with Gasteiger partial charge in [0.15, 0.2) is 0 Å². The number of carbonyl (C=O) groups excluding carboxylic acids is 1. The molecule has 1 aliphatic heterocycles. The molecular formula is C14H18BrNO3S. The molecule has 1 amide bonds. The number of halogens is 1. The Kier molecular flexibility index (Phi) is 4.54. The van der Waals surface area contributed by atoms with Gasteiger partial charge >= 0.3 is 0 Å². The maximum atomic E-state index is 12.7. The number of amides is 1. The second kappa shape index (κ2) is 5.85. The first-order chi connectivity index (χ1) is 9.36. The molecule has 1 unspecified atom stereocenters. The highest BCUT2D eigenvalue weighted by atomic mass is 79.9. The van der Waals surface area contributed by atoms with Crippen molar-refractivity contribution in [3.05, 3.63) is 28.2 Å². The van der Waals surface area contributed by atoms with Crippen molar-refractivity contribution in [1.82, 2.24) is 4.31 Å². The van der Waals surface area contributed by atoms with Gasteiger partial charge in [0.1, 0.15) is 0 Å². The van der Waals surface area contributed by atoms with Crippen molar-refractivity contribution in [2.24, 2.45) is 5.92 Å². The lowest BCUT2D eigenvalue weighted by atomic mass is 10.0. The second-order valence-electron chi connectivity index (χ2n) is 5.20. The Morgan fingerprint density at radius 3 is 2.75 bits per heavy atom. The van der Waals surface area contributed by atoms with Crippen LogP contribution >= 0.6 is 15.9 Å². The molecule has 110 valence electrons. The highest BCUT2D eigenvalue weighted by Crippen LogP contribution is 2.30. The highest BCUT2D eigenvalue weighted by molar-refractivity contribution is 9.10. The standard InChI is InChI=1S/C14H18BrNO3S/c1-3-4-11-7-14(17)16(9-11)20(18,19)13-8-12(15)6-5-10(13)2/h5-6,8,11H,3-4,7,9H2,1-2H3. The van der Waals surface area contributed by atoms with Crippen LogP contribution in [0.25, 0.3) is 0 Å². The Hall–Kier alpha value is -0.880. The van der Waals surface area contributed by atoms with Crippen molar-refractivity contribution in [3.63, 3.8) is 0 Å². The fraction of sp³-hybridized carbons (Fsp3) is 0.500. The monoisotopic (exact) mass is 359 g/mol. The molecule has 1 aromatic carbocycles. The molecule has 1 fully saturated rings. The van der Waals surface area contributed by atoms with Gasteiger partial charge in [0, 0.05) is 17.4 Å². The predicted molar refractivity (Wildman–Crippen MR) is 80.8 cm³/mol. The van der Waals surface area contributed by atoms with E-state index in [0.717, 1.165) is 17.1 Å². The summed E-state index contributed by atoms with van der Waals surface area (Å²) in [6, 6.07) is 5.09. The Balaban J connectivity index is 2.36. The topological polar surface area (TPSA) is 54.5 Å². The van der Waals surface area contributed by atoms with Crippen LogP contribution in [0.4, 0.5) is 0 Å². The van der Waals surface area contributed by atoms with Crippen LogP contribution in [0.15, 0.2) is 27.6 Å². The van der Waals surface area contributed by atoms with Gasteiger partial charge in [0.25, 0.3) is 10.0 Å². The second-order valence-corrected chi connectivity index (χ2v) is 7.94. The molecule has 6 heteroatoms. The van der Waals surface area contributed by atoms with Gasteiger partial charge in [-0.15, -0.1) is 0 Å². The van der Waals surface area contributed by atoms with Crippen LogP contribution < -0.4 is 0 Å². The van der Waals surface area contributed by atoms with Crippen LogP contribution in [-0.2, 0) is 14.8 Å². The quantitative estimate of drug-likeness (QED) is 0.829. The SMILES string of the molecule is CCCC1CC(=O)N(S(=O)(=O)c2cc(Br)ccc2C)C1. The Morgan fingerprint density at radius 2 is 2.10 bits per heavy atom. The lowest BCUT2D eigenvalue weighted by molar-refractivity contribution is -0.123. The van der Waals surface area contributed by atoms with E-state index in [0.29, 0.717) is 23.0 Å². The van der Waals surface area contributed by atoms with Crippen LogP contribution in [-0.4, -0.2) is 25.2 Å². The van der Waals surface area contributed by atoms with Gasteiger partial charge in [-0.1, -0.05) is 35.3 Å². The van der Waals surface area contributed by atoms with Gasteiger partial charge in [-0.3, -0.25) is 4.79 Å². The van der Waals surface area contributed by atoms with Crippen LogP contribution in [0.5, 0.6) is 0 Å². The van der Waals surface area contributed by atoms with Crippen LogP contribution in [0.1, 0.15) is 31.7 Å². The van der Waals surface area contributed by atoms with E-state index in [1.54, 1.807) is 25.1 Å². The molecule has 4 nitrogen and oxygen atoms in total. The van der Waals surface area contributed by atoms with Gasteiger partial charge in [-0.2, -0.15) is 0 Å². The van der Waals surface area contributed by atoms with Crippen LogP contribution in [0.3, 0.4) is 0 Å². The van der Waals surface area contributed by atoms with Gasteiger partial charge in [-0.05, 0) is 37.0 Å². The highest BCUT2D eigenvalue weighted by Gasteiger charge is 2.38. The molecule has 0 bridgehead atoms. The smallest absolute Gasteiger partial charge is 0.266 e. The molecule has 1 aromatic rings. The predicted octanol–water partition coefficient (Wildman–Crippen LogP) is 3.09. The number of nitrogens with zero attached hydrogens (tertiary/aromatic N) is 1. The molecule has 1 heterocycles. The molecule has 20 heavy (non-hydrogen) atoms. The molecule has 0 saturated carbocycles. The molecule has 0 aliphatic carbocycles. The lowest BCUT2D eigenvalue weighted by Gasteiger charge is -2.18. The molecule has 1 saturated heterocycles. The first-order valence-electron chi connectivity index (χ1n) is 6.68. The number of rotatable bonds is 4. The first-order valence-corrected chi connectivity index (χ1v) is 8.91. The molecular weight excluding hydrogens is 342 g/mol. The van der Waals surface area contributed by atoms with Crippen molar-refractivity contribution in [1.29, 1.82) is 0 Å². The normalized spacial score (nSPS) is 19.6. The van der Waals surface area contributed by atoms with Gasteiger partial charge in [-0.25, -0.2) is 12.7 Å². The zero-order valence-electron chi connectivity index (χ0n) is 11.6. The summed E-state index contributed by atoms with van der Waals surface area (Å²) in [6.45, 7) is 4.09. The Bertz CT molecular complexity index is 627. The molecule has 1 atom stereocenters. The van der Waals surface area contributed by atoms with E-state index in [1.165, 1.54) is 0 Å². The summed E-state index contributed by atoms with van der Waals surface area (Å²) in [7, 11) is -3.74. The number of sulfonamides is 1. The first kappa shape index (κ1) is 15.5. The summed E-state index contributed by atoms with van der Waals surface area (Å²) in [5.41, 5.74) is 0.653. The molecule has 0 radical (unpaired) electrons. The van der Waals surface area contributed by atoms with Crippen molar-refractivity contribution in [2.45, 2.75) is 38.0 Å². The van der Waals surface area contributed by atoms with E-state index in [-0.39, 0.29) is 16.7 Å². The minimum Gasteiger partial charge on any atom is -0.274 e. The van der Waals surface area contributed by atoms with Crippen molar-refractivity contribution in [3.8, 4) is 0 Å². The summed E-state index contributed by atoms with van der Waals surface area (Å²) in [5.74, 6) is -0.141. The third-order valence-corrected chi connectivity index (χ3v) is 6.00. The number of aryl methyl sites for hydroxylation is 1. The molecule has 0 N–H and O–H groups in total. The lowest BCUT2D eigenvalue weighted by Crippen LogP contribution is -2.33. The molecule has 2 rings (SSSR count). The van der Waals surface area contributed by atoms with E-state index >= 15 is 0 Å². The minimum absolute atomic E-state index is 0.148. The van der Waals surface area contributed by atoms with E-state index in [1.807, 2.05) is 6.92 Å². The van der Waals surface area contributed by atoms with E-state index in [2.05, 4.69) is 15.9 Å². The summed E-state index contributed by atoms with van der Waals surface area (Å²) >= 11 is 3.28. The summed E-state index contributed by atoms with van der Waals surface area (Å²) in [4.78, 5) is 12.2. The van der Waals surface area contributed by atoms with E-state index in [4.69, 9.17) is 0 Å². The Labute approximate surface area is 128 Å². The average Bonchev–Trinajstić information content (AvgIpc) is 2.74. The molecule has 0 aromatic heterocycles. The third kappa shape index (κ3) is 2.91. The maximum Gasteiger partial charge on any atom is 0.266 e. The Morgan fingerprint density at radius 1 is 1.40 bits per heavy atom. The summed E-state index contributed by atoms with van der Waals surface area (Å²) in [5, 5.41) is 0. The van der Waals surface area contributed by atoms with Crippen LogP contribution in [0.2, 0.25) is 0 Å². The average molecular weight is 360 g/mol. The van der Waals surface area contributed by atoms with Gasteiger partial charge in [0.05, 0.1) is 4.90 Å².